The quantitative estimate of drug-likeness (QED) is 0.844. The number of amides is 2. The van der Waals surface area contributed by atoms with Gasteiger partial charge in [-0.3, -0.25) is 4.79 Å². The molecule has 0 unspecified atom stereocenters. The molecule has 0 aliphatic rings. The minimum absolute atomic E-state index is 0.269. The molecule has 0 saturated carbocycles. The lowest BCUT2D eigenvalue weighted by molar-refractivity contribution is 0.112. The highest BCUT2D eigenvalue weighted by molar-refractivity contribution is 6.00. The van der Waals surface area contributed by atoms with E-state index in [4.69, 9.17) is 0 Å². The number of halogens is 2. The van der Waals surface area contributed by atoms with Gasteiger partial charge in [-0.1, -0.05) is 12.1 Å². The first-order chi connectivity index (χ1) is 9.58. The average Bonchev–Trinajstić information content (AvgIpc) is 2.43. The van der Waals surface area contributed by atoms with Crippen molar-refractivity contribution in [2.75, 3.05) is 10.6 Å². The number of aldehydes is 1. The number of hydrogen-bond acceptors (Lipinski definition) is 2. The first kappa shape index (κ1) is 13.7. The van der Waals surface area contributed by atoms with Crippen molar-refractivity contribution in [1.29, 1.82) is 0 Å². The van der Waals surface area contributed by atoms with Crippen LogP contribution in [0.1, 0.15) is 10.4 Å². The Balaban J connectivity index is 2.08. The third kappa shape index (κ3) is 3.38. The lowest BCUT2D eigenvalue weighted by atomic mass is 10.2. The zero-order valence-electron chi connectivity index (χ0n) is 10.2. The standard InChI is InChI=1S/C14H10F2N2O2/c15-10-4-5-12(16)13(7-10)18-14(20)17-11-3-1-2-9(6-11)8-19/h1-8H,(H2,17,18,20). The fourth-order valence-electron chi connectivity index (χ4n) is 1.57. The molecule has 0 fully saturated rings. The van der Waals surface area contributed by atoms with Crippen molar-refractivity contribution in [2.24, 2.45) is 0 Å². The van der Waals surface area contributed by atoms with Gasteiger partial charge in [0.05, 0.1) is 5.69 Å². The number of nitrogens with one attached hydrogen (secondary N) is 2. The molecule has 0 aliphatic carbocycles. The van der Waals surface area contributed by atoms with Crippen LogP contribution in [0.2, 0.25) is 0 Å². The van der Waals surface area contributed by atoms with E-state index in [0.717, 1.165) is 18.2 Å². The highest BCUT2D eigenvalue weighted by Gasteiger charge is 2.08. The smallest absolute Gasteiger partial charge is 0.308 e. The molecule has 20 heavy (non-hydrogen) atoms. The van der Waals surface area contributed by atoms with Gasteiger partial charge in [0, 0.05) is 17.3 Å². The van der Waals surface area contributed by atoms with E-state index < -0.39 is 17.7 Å². The molecule has 2 amide bonds. The van der Waals surface area contributed by atoms with Crippen molar-refractivity contribution in [3.05, 3.63) is 59.7 Å². The molecule has 0 aromatic heterocycles. The van der Waals surface area contributed by atoms with E-state index in [1.807, 2.05) is 0 Å². The van der Waals surface area contributed by atoms with E-state index in [1.165, 1.54) is 6.07 Å². The van der Waals surface area contributed by atoms with Gasteiger partial charge in [-0.25, -0.2) is 13.6 Å². The molecule has 102 valence electrons. The molecule has 2 aromatic carbocycles. The van der Waals surface area contributed by atoms with E-state index >= 15 is 0 Å². The fourth-order valence-corrected chi connectivity index (χ4v) is 1.57. The van der Waals surface area contributed by atoms with Crippen LogP contribution >= 0.6 is 0 Å². The fraction of sp³-hybridized carbons (Fsp3) is 0. The maximum atomic E-state index is 13.3. The number of rotatable bonds is 3. The zero-order valence-corrected chi connectivity index (χ0v) is 10.2. The second-order valence-electron chi connectivity index (χ2n) is 3.95. The van der Waals surface area contributed by atoms with E-state index in [9.17, 15) is 18.4 Å². The summed E-state index contributed by atoms with van der Waals surface area (Å²) in [5.74, 6) is -1.41. The number of carbonyl (C=O) groups is 2. The predicted octanol–water partition coefficient (Wildman–Crippen LogP) is 3.42. The van der Waals surface area contributed by atoms with Crippen LogP contribution < -0.4 is 10.6 Å². The molecule has 2 N–H and O–H groups in total. The van der Waals surface area contributed by atoms with Gasteiger partial charge in [-0.05, 0) is 24.3 Å². The van der Waals surface area contributed by atoms with Crippen LogP contribution in [-0.2, 0) is 0 Å². The molecule has 0 atom stereocenters. The predicted molar refractivity (Wildman–Crippen MR) is 70.8 cm³/mol. The molecular formula is C14H10F2N2O2. The Labute approximate surface area is 113 Å². The van der Waals surface area contributed by atoms with Gasteiger partial charge in [0.2, 0.25) is 0 Å². The number of urea groups is 1. The van der Waals surface area contributed by atoms with E-state index in [1.54, 1.807) is 18.2 Å². The Bertz CT molecular complexity index is 659. The minimum atomic E-state index is -0.747. The van der Waals surface area contributed by atoms with Gasteiger partial charge >= 0.3 is 6.03 Å². The molecule has 0 aliphatic heterocycles. The Morgan fingerprint density at radius 2 is 1.85 bits per heavy atom. The highest BCUT2D eigenvalue weighted by atomic mass is 19.1. The second kappa shape index (κ2) is 5.92. The maximum absolute atomic E-state index is 13.3. The number of carbonyl (C=O) groups excluding carboxylic acids is 2. The lowest BCUT2D eigenvalue weighted by Gasteiger charge is -2.08. The van der Waals surface area contributed by atoms with Gasteiger partial charge in [0.1, 0.15) is 17.9 Å². The van der Waals surface area contributed by atoms with Crippen LogP contribution in [0.25, 0.3) is 0 Å². The van der Waals surface area contributed by atoms with Gasteiger partial charge in [0.15, 0.2) is 0 Å². The monoisotopic (exact) mass is 276 g/mol. The summed E-state index contributed by atoms with van der Waals surface area (Å²) in [6.45, 7) is 0. The summed E-state index contributed by atoms with van der Waals surface area (Å²) in [5, 5.41) is 4.60. The van der Waals surface area contributed by atoms with E-state index in [0.29, 0.717) is 17.5 Å². The van der Waals surface area contributed by atoms with Gasteiger partial charge in [-0.15, -0.1) is 0 Å². The molecular weight excluding hydrogens is 266 g/mol. The molecule has 0 heterocycles. The highest BCUT2D eigenvalue weighted by Crippen LogP contribution is 2.16. The molecule has 0 saturated heterocycles. The molecule has 6 heteroatoms. The summed E-state index contributed by atoms with van der Waals surface area (Å²) < 4.78 is 26.3. The number of hydrogen-bond donors (Lipinski definition) is 2. The summed E-state index contributed by atoms with van der Waals surface area (Å²) in [5.41, 5.74) is 0.484. The van der Waals surface area contributed by atoms with Crippen LogP contribution in [0.15, 0.2) is 42.5 Å². The van der Waals surface area contributed by atoms with Crippen LogP contribution in [0.4, 0.5) is 25.0 Å². The largest absolute Gasteiger partial charge is 0.323 e. The average molecular weight is 276 g/mol. The van der Waals surface area contributed by atoms with Crippen LogP contribution in [-0.4, -0.2) is 12.3 Å². The summed E-state index contributed by atoms with van der Waals surface area (Å²) in [6, 6.07) is 8.17. The van der Waals surface area contributed by atoms with E-state index in [2.05, 4.69) is 10.6 Å². The van der Waals surface area contributed by atoms with Gasteiger partial charge in [0.25, 0.3) is 0 Å². The Morgan fingerprint density at radius 1 is 1.05 bits per heavy atom. The first-order valence-corrected chi connectivity index (χ1v) is 5.67. The SMILES string of the molecule is O=Cc1cccc(NC(=O)Nc2cc(F)ccc2F)c1. The lowest BCUT2D eigenvalue weighted by Crippen LogP contribution is -2.20. The Kier molecular flexibility index (Phi) is 4.05. The Morgan fingerprint density at radius 3 is 2.60 bits per heavy atom. The second-order valence-corrected chi connectivity index (χ2v) is 3.95. The first-order valence-electron chi connectivity index (χ1n) is 5.67. The van der Waals surface area contributed by atoms with Crippen molar-refractivity contribution in [3.8, 4) is 0 Å². The summed E-state index contributed by atoms with van der Waals surface area (Å²) in [4.78, 5) is 22.2. The third-order valence-electron chi connectivity index (χ3n) is 2.46. The zero-order chi connectivity index (χ0) is 14.5. The molecule has 4 nitrogen and oxygen atoms in total. The molecule has 2 rings (SSSR count). The third-order valence-corrected chi connectivity index (χ3v) is 2.46. The Hall–Kier alpha value is -2.76. The summed E-state index contributed by atoms with van der Waals surface area (Å²) in [7, 11) is 0. The molecule has 2 aromatic rings. The minimum Gasteiger partial charge on any atom is -0.308 e. The molecule has 0 bridgehead atoms. The van der Waals surface area contributed by atoms with Crippen molar-refractivity contribution in [2.45, 2.75) is 0 Å². The van der Waals surface area contributed by atoms with E-state index in [-0.39, 0.29) is 5.69 Å². The number of benzene rings is 2. The molecule has 0 radical (unpaired) electrons. The van der Waals surface area contributed by atoms with Crippen molar-refractivity contribution in [3.63, 3.8) is 0 Å². The van der Waals surface area contributed by atoms with Crippen LogP contribution in [0, 0.1) is 11.6 Å². The van der Waals surface area contributed by atoms with Crippen molar-refractivity contribution >= 4 is 23.7 Å². The maximum Gasteiger partial charge on any atom is 0.323 e. The molecule has 0 spiro atoms. The van der Waals surface area contributed by atoms with Crippen molar-refractivity contribution in [1.82, 2.24) is 0 Å². The number of anilines is 2. The van der Waals surface area contributed by atoms with Crippen molar-refractivity contribution < 1.29 is 18.4 Å². The normalized spacial score (nSPS) is 9.90. The summed E-state index contributed by atoms with van der Waals surface area (Å²) in [6.07, 6.45) is 0.634. The summed E-state index contributed by atoms with van der Waals surface area (Å²) >= 11 is 0. The van der Waals surface area contributed by atoms with Gasteiger partial charge < -0.3 is 10.6 Å². The van der Waals surface area contributed by atoms with Gasteiger partial charge in [-0.2, -0.15) is 0 Å². The van der Waals surface area contributed by atoms with Crippen LogP contribution in [0.5, 0.6) is 0 Å². The topological polar surface area (TPSA) is 58.2 Å². The van der Waals surface area contributed by atoms with Crippen LogP contribution in [0.3, 0.4) is 0 Å².